The van der Waals surface area contributed by atoms with E-state index in [2.05, 4.69) is 34.1 Å². The second-order valence-electron chi connectivity index (χ2n) is 5.51. The number of H-pyrrole nitrogens is 1. The fraction of sp³-hybridized carbons (Fsp3) is 0.471. The van der Waals surface area contributed by atoms with Crippen molar-refractivity contribution in [2.75, 3.05) is 5.32 Å². The number of imidazole rings is 1. The SMILES string of the molecule is CC.CC(C)c1cc(NC(=O)C2CC2)ncc1-c1ncc[nH]1. The predicted octanol–water partition coefficient (Wildman–Crippen LogP) is 3.97. The van der Waals surface area contributed by atoms with E-state index in [1.165, 1.54) is 0 Å². The standard InChI is InChI=1S/C15H18N4O.C2H6/c1-9(2)11-7-13(19-15(20)10-3-4-10)18-8-12(11)14-16-5-6-17-14;1-2/h5-10H,3-4H2,1-2H3,(H,16,17)(H,18,19,20);1-2H3. The van der Waals surface area contributed by atoms with E-state index in [1.807, 2.05) is 19.9 Å². The molecule has 1 amide bonds. The van der Waals surface area contributed by atoms with Crippen LogP contribution in [0.2, 0.25) is 0 Å². The van der Waals surface area contributed by atoms with Crippen LogP contribution >= 0.6 is 0 Å². The number of aromatic amines is 1. The zero-order valence-electron chi connectivity index (χ0n) is 13.7. The number of pyridine rings is 1. The van der Waals surface area contributed by atoms with Crippen molar-refractivity contribution in [3.63, 3.8) is 0 Å². The van der Waals surface area contributed by atoms with Crippen LogP contribution in [-0.2, 0) is 4.79 Å². The van der Waals surface area contributed by atoms with Crippen LogP contribution < -0.4 is 5.32 Å². The van der Waals surface area contributed by atoms with Crippen molar-refractivity contribution >= 4 is 11.7 Å². The molecule has 118 valence electrons. The monoisotopic (exact) mass is 300 g/mol. The molecule has 2 N–H and O–H groups in total. The molecule has 1 aliphatic carbocycles. The molecule has 5 heteroatoms. The summed E-state index contributed by atoms with van der Waals surface area (Å²) >= 11 is 0. The molecule has 3 rings (SSSR count). The molecular formula is C17H24N4O. The van der Waals surface area contributed by atoms with Gasteiger partial charge in [-0.15, -0.1) is 0 Å². The molecule has 0 bridgehead atoms. The highest BCUT2D eigenvalue weighted by atomic mass is 16.2. The molecule has 1 saturated carbocycles. The van der Waals surface area contributed by atoms with Crippen molar-refractivity contribution in [2.45, 2.75) is 46.5 Å². The first kappa shape index (κ1) is 16.2. The number of amides is 1. The number of anilines is 1. The molecule has 1 aliphatic rings. The van der Waals surface area contributed by atoms with Gasteiger partial charge in [-0.25, -0.2) is 9.97 Å². The third-order valence-electron chi connectivity index (χ3n) is 3.51. The molecule has 0 saturated heterocycles. The number of carbonyl (C=O) groups excluding carboxylic acids is 1. The maximum Gasteiger partial charge on any atom is 0.228 e. The van der Waals surface area contributed by atoms with E-state index in [-0.39, 0.29) is 11.8 Å². The minimum Gasteiger partial charge on any atom is -0.345 e. The molecule has 0 radical (unpaired) electrons. The van der Waals surface area contributed by atoms with Crippen molar-refractivity contribution in [2.24, 2.45) is 5.92 Å². The molecule has 0 unspecified atom stereocenters. The number of aromatic nitrogens is 3. The van der Waals surface area contributed by atoms with Gasteiger partial charge in [-0.1, -0.05) is 27.7 Å². The van der Waals surface area contributed by atoms with E-state index in [0.717, 1.165) is 29.8 Å². The molecule has 0 aromatic carbocycles. The third kappa shape index (κ3) is 3.72. The Hall–Kier alpha value is -2.17. The van der Waals surface area contributed by atoms with Gasteiger partial charge in [0.05, 0.1) is 0 Å². The van der Waals surface area contributed by atoms with Crippen molar-refractivity contribution < 1.29 is 4.79 Å². The van der Waals surface area contributed by atoms with E-state index in [9.17, 15) is 4.79 Å². The Morgan fingerprint density at radius 1 is 1.32 bits per heavy atom. The summed E-state index contributed by atoms with van der Waals surface area (Å²) in [5, 5.41) is 2.89. The summed E-state index contributed by atoms with van der Waals surface area (Å²) in [6.07, 6.45) is 7.28. The van der Waals surface area contributed by atoms with Gasteiger partial charge in [-0.2, -0.15) is 0 Å². The van der Waals surface area contributed by atoms with Crippen LogP contribution in [0.4, 0.5) is 5.82 Å². The van der Waals surface area contributed by atoms with E-state index in [1.54, 1.807) is 18.6 Å². The van der Waals surface area contributed by atoms with Crippen LogP contribution in [0.25, 0.3) is 11.4 Å². The summed E-state index contributed by atoms with van der Waals surface area (Å²) in [4.78, 5) is 23.5. The van der Waals surface area contributed by atoms with Gasteiger partial charge in [-0.3, -0.25) is 4.79 Å². The normalized spacial score (nSPS) is 13.5. The third-order valence-corrected chi connectivity index (χ3v) is 3.51. The largest absolute Gasteiger partial charge is 0.345 e. The van der Waals surface area contributed by atoms with E-state index < -0.39 is 0 Å². The maximum absolute atomic E-state index is 11.8. The summed E-state index contributed by atoms with van der Waals surface area (Å²) in [7, 11) is 0. The fourth-order valence-electron chi connectivity index (χ4n) is 2.20. The molecule has 0 atom stereocenters. The van der Waals surface area contributed by atoms with Crippen molar-refractivity contribution in [3.05, 3.63) is 30.2 Å². The molecular weight excluding hydrogens is 276 g/mol. The summed E-state index contributed by atoms with van der Waals surface area (Å²) in [6.45, 7) is 8.24. The lowest BCUT2D eigenvalue weighted by Gasteiger charge is -2.13. The smallest absolute Gasteiger partial charge is 0.228 e. The first-order valence-corrected chi connectivity index (χ1v) is 7.95. The average molecular weight is 300 g/mol. The Morgan fingerprint density at radius 2 is 2.05 bits per heavy atom. The van der Waals surface area contributed by atoms with Gasteiger partial charge in [0.2, 0.25) is 5.91 Å². The molecule has 2 heterocycles. The Labute approximate surface area is 131 Å². The van der Waals surface area contributed by atoms with Gasteiger partial charge in [0.25, 0.3) is 0 Å². The van der Waals surface area contributed by atoms with Crippen LogP contribution in [-0.4, -0.2) is 20.9 Å². The van der Waals surface area contributed by atoms with Crippen LogP contribution in [0.1, 0.15) is 52.0 Å². The minimum absolute atomic E-state index is 0.0814. The van der Waals surface area contributed by atoms with Gasteiger partial charge < -0.3 is 10.3 Å². The highest BCUT2D eigenvalue weighted by Crippen LogP contribution is 2.31. The van der Waals surface area contributed by atoms with E-state index in [0.29, 0.717) is 11.7 Å². The molecule has 0 spiro atoms. The molecule has 22 heavy (non-hydrogen) atoms. The summed E-state index contributed by atoms with van der Waals surface area (Å²) in [5.41, 5.74) is 2.11. The maximum atomic E-state index is 11.8. The number of hydrogen-bond donors (Lipinski definition) is 2. The van der Waals surface area contributed by atoms with Crippen molar-refractivity contribution in [1.29, 1.82) is 0 Å². The van der Waals surface area contributed by atoms with Crippen molar-refractivity contribution in [1.82, 2.24) is 15.0 Å². The number of nitrogens with one attached hydrogen (secondary N) is 2. The molecule has 2 aromatic rings. The number of rotatable bonds is 4. The Bertz CT molecular complexity index is 616. The molecule has 1 fully saturated rings. The lowest BCUT2D eigenvalue weighted by atomic mass is 9.98. The summed E-state index contributed by atoms with van der Waals surface area (Å²) in [5.74, 6) is 2.03. The number of hydrogen-bond acceptors (Lipinski definition) is 3. The van der Waals surface area contributed by atoms with Gasteiger partial charge in [-0.05, 0) is 30.4 Å². The summed E-state index contributed by atoms with van der Waals surface area (Å²) in [6, 6.07) is 1.95. The van der Waals surface area contributed by atoms with E-state index in [4.69, 9.17) is 0 Å². The van der Waals surface area contributed by atoms with Gasteiger partial charge in [0.1, 0.15) is 11.6 Å². The fourth-order valence-corrected chi connectivity index (χ4v) is 2.20. The number of nitrogens with zero attached hydrogens (tertiary/aromatic N) is 2. The zero-order valence-corrected chi connectivity index (χ0v) is 13.7. The second-order valence-corrected chi connectivity index (χ2v) is 5.51. The lowest BCUT2D eigenvalue weighted by molar-refractivity contribution is -0.117. The molecule has 0 aliphatic heterocycles. The van der Waals surface area contributed by atoms with Crippen LogP contribution in [0.3, 0.4) is 0 Å². The highest BCUT2D eigenvalue weighted by molar-refractivity contribution is 5.93. The predicted molar refractivity (Wildman–Crippen MR) is 88.6 cm³/mol. The van der Waals surface area contributed by atoms with Gasteiger partial charge in [0, 0.05) is 30.1 Å². The highest BCUT2D eigenvalue weighted by Gasteiger charge is 2.30. The average Bonchev–Trinajstić information content (AvgIpc) is 3.25. The second kappa shape index (κ2) is 7.20. The quantitative estimate of drug-likeness (QED) is 0.897. The Kier molecular flexibility index (Phi) is 5.31. The number of carbonyl (C=O) groups is 1. The Balaban J connectivity index is 0.000000847. The molecule has 2 aromatic heterocycles. The molecule has 5 nitrogen and oxygen atoms in total. The first-order valence-electron chi connectivity index (χ1n) is 7.95. The van der Waals surface area contributed by atoms with Gasteiger partial charge in [0.15, 0.2) is 0 Å². The Morgan fingerprint density at radius 3 is 2.59 bits per heavy atom. The van der Waals surface area contributed by atoms with E-state index >= 15 is 0 Å². The summed E-state index contributed by atoms with van der Waals surface area (Å²) < 4.78 is 0. The van der Waals surface area contributed by atoms with Crippen LogP contribution in [0.5, 0.6) is 0 Å². The van der Waals surface area contributed by atoms with Crippen molar-refractivity contribution in [3.8, 4) is 11.4 Å². The minimum atomic E-state index is 0.0814. The first-order chi connectivity index (χ1) is 10.6. The van der Waals surface area contributed by atoms with Crippen LogP contribution in [0, 0.1) is 5.92 Å². The van der Waals surface area contributed by atoms with Gasteiger partial charge >= 0.3 is 0 Å². The topological polar surface area (TPSA) is 70.7 Å². The lowest BCUT2D eigenvalue weighted by Crippen LogP contribution is -2.14. The zero-order chi connectivity index (χ0) is 16.1. The van der Waals surface area contributed by atoms with Crippen LogP contribution in [0.15, 0.2) is 24.7 Å².